The minimum Gasteiger partial charge on any atom is -0.507 e. The number of allylic oxidation sites excluding steroid dienone is 2. The van der Waals surface area contributed by atoms with E-state index in [-0.39, 0.29) is 29.4 Å². The van der Waals surface area contributed by atoms with Gasteiger partial charge in [0.1, 0.15) is 5.75 Å². The lowest BCUT2D eigenvalue weighted by molar-refractivity contribution is -0.123. The molecule has 2 amide bonds. The highest BCUT2D eigenvalue weighted by Gasteiger charge is 2.54. The Labute approximate surface area is 251 Å². The number of aliphatic hydroxyl groups excluding tert-OH is 2. The van der Waals surface area contributed by atoms with Gasteiger partial charge in [0, 0.05) is 11.3 Å². The Morgan fingerprint density at radius 1 is 1.02 bits per heavy atom. The van der Waals surface area contributed by atoms with E-state index in [0.29, 0.717) is 24.8 Å². The number of rotatable bonds is 10. The SMILES string of the molecule is CCC/C(=C\c1ccc(O)c2ccccc12)CC[C@@H](O)C1=C(C)C[C@H]2C(=O)N(c3cccc(B(O)O)c3)C(=O)[C@H]2[C@H]1CO. The molecule has 9 heteroatoms. The molecule has 5 N–H and O–H groups in total. The van der Waals surface area contributed by atoms with E-state index in [1.54, 1.807) is 18.2 Å². The van der Waals surface area contributed by atoms with Gasteiger partial charge in [0.05, 0.1) is 30.2 Å². The van der Waals surface area contributed by atoms with Gasteiger partial charge >= 0.3 is 7.12 Å². The number of imide groups is 1. The number of phenols is 1. The molecule has 3 aromatic carbocycles. The maximum Gasteiger partial charge on any atom is 0.488 e. The summed E-state index contributed by atoms with van der Waals surface area (Å²) in [6, 6.07) is 17.3. The minimum absolute atomic E-state index is 0.160. The summed E-state index contributed by atoms with van der Waals surface area (Å²) in [5.74, 6) is -2.81. The fourth-order valence-corrected chi connectivity index (χ4v) is 6.92. The highest BCUT2D eigenvalue weighted by molar-refractivity contribution is 6.58. The number of carbonyl (C=O) groups is 2. The van der Waals surface area contributed by atoms with E-state index in [2.05, 4.69) is 13.0 Å². The molecule has 43 heavy (non-hydrogen) atoms. The third kappa shape index (κ3) is 5.90. The maximum absolute atomic E-state index is 13.7. The van der Waals surface area contributed by atoms with Gasteiger partial charge in [-0.25, -0.2) is 0 Å². The molecule has 0 bridgehead atoms. The third-order valence-corrected chi connectivity index (χ3v) is 8.92. The van der Waals surface area contributed by atoms with Crippen LogP contribution in [0.4, 0.5) is 5.69 Å². The van der Waals surface area contributed by atoms with Crippen molar-refractivity contribution in [3.63, 3.8) is 0 Å². The number of amides is 2. The molecule has 0 spiro atoms. The molecule has 1 aliphatic heterocycles. The summed E-state index contributed by atoms with van der Waals surface area (Å²) in [7, 11) is -1.75. The molecule has 1 heterocycles. The molecule has 5 rings (SSSR count). The first-order valence-corrected chi connectivity index (χ1v) is 14.9. The van der Waals surface area contributed by atoms with E-state index in [9.17, 15) is 35.0 Å². The number of hydrogen-bond donors (Lipinski definition) is 5. The van der Waals surface area contributed by atoms with Crippen molar-refractivity contribution in [2.75, 3.05) is 11.5 Å². The second-order valence-electron chi connectivity index (χ2n) is 11.7. The number of aliphatic hydroxyl groups is 2. The molecule has 0 unspecified atom stereocenters. The second kappa shape index (κ2) is 12.9. The van der Waals surface area contributed by atoms with Crippen LogP contribution in [0.15, 0.2) is 77.4 Å². The molecule has 0 aromatic heterocycles. The summed E-state index contributed by atoms with van der Waals surface area (Å²) in [5, 5.41) is 53.2. The van der Waals surface area contributed by atoms with Gasteiger partial charge in [0.15, 0.2) is 0 Å². The van der Waals surface area contributed by atoms with Crippen LogP contribution in [0.2, 0.25) is 0 Å². The average Bonchev–Trinajstić information content (AvgIpc) is 3.25. The van der Waals surface area contributed by atoms with Gasteiger partial charge < -0.3 is 25.4 Å². The first-order chi connectivity index (χ1) is 20.7. The van der Waals surface area contributed by atoms with Crippen molar-refractivity contribution in [1.82, 2.24) is 0 Å². The van der Waals surface area contributed by atoms with Crippen LogP contribution in [0.25, 0.3) is 16.8 Å². The third-order valence-electron chi connectivity index (χ3n) is 8.92. The predicted octanol–water partition coefficient (Wildman–Crippen LogP) is 3.68. The molecule has 4 atom stereocenters. The lowest BCUT2D eigenvalue weighted by atomic mass is 9.68. The van der Waals surface area contributed by atoms with Gasteiger partial charge in [-0.2, -0.15) is 0 Å². The first-order valence-electron chi connectivity index (χ1n) is 14.9. The Morgan fingerprint density at radius 2 is 1.77 bits per heavy atom. The lowest BCUT2D eigenvalue weighted by Crippen LogP contribution is -2.39. The summed E-state index contributed by atoms with van der Waals surface area (Å²) < 4.78 is 0. The predicted molar refractivity (Wildman–Crippen MR) is 167 cm³/mol. The smallest absolute Gasteiger partial charge is 0.488 e. The Morgan fingerprint density at radius 3 is 2.47 bits per heavy atom. The Kier molecular flexibility index (Phi) is 9.18. The van der Waals surface area contributed by atoms with Crippen LogP contribution in [0.1, 0.15) is 51.5 Å². The van der Waals surface area contributed by atoms with E-state index in [0.717, 1.165) is 45.2 Å². The van der Waals surface area contributed by atoms with Crippen molar-refractivity contribution >= 4 is 46.9 Å². The number of benzene rings is 3. The fourth-order valence-electron chi connectivity index (χ4n) is 6.92. The van der Waals surface area contributed by atoms with Crippen LogP contribution in [-0.2, 0) is 9.59 Å². The molecular weight excluding hydrogens is 545 g/mol. The monoisotopic (exact) mass is 583 g/mol. The number of carbonyl (C=O) groups excluding carboxylic acids is 2. The molecule has 0 saturated carbocycles. The van der Waals surface area contributed by atoms with E-state index >= 15 is 0 Å². The van der Waals surface area contributed by atoms with Gasteiger partial charge in [0.25, 0.3) is 0 Å². The fraction of sp³-hybridized carbons (Fsp3) is 0.353. The number of hydrogen-bond acceptors (Lipinski definition) is 7. The van der Waals surface area contributed by atoms with Crippen molar-refractivity contribution in [2.24, 2.45) is 17.8 Å². The largest absolute Gasteiger partial charge is 0.507 e. The van der Waals surface area contributed by atoms with Gasteiger partial charge in [-0.3, -0.25) is 14.5 Å². The molecule has 2 aliphatic rings. The zero-order chi connectivity index (χ0) is 30.8. The summed E-state index contributed by atoms with van der Waals surface area (Å²) in [5.41, 5.74) is 3.98. The Hall–Kier alpha value is -3.76. The Balaban J connectivity index is 1.38. The van der Waals surface area contributed by atoms with Crippen molar-refractivity contribution in [1.29, 1.82) is 0 Å². The topological polar surface area (TPSA) is 139 Å². The highest BCUT2D eigenvalue weighted by Crippen LogP contribution is 2.47. The molecule has 1 aliphatic carbocycles. The molecule has 8 nitrogen and oxygen atoms in total. The van der Waals surface area contributed by atoms with E-state index in [4.69, 9.17) is 0 Å². The van der Waals surface area contributed by atoms with E-state index < -0.39 is 36.9 Å². The van der Waals surface area contributed by atoms with Crippen LogP contribution in [0.5, 0.6) is 5.75 Å². The molecule has 224 valence electrons. The number of aromatic hydroxyl groups is 1. The number of phenolic OH excluding ortho intramolecular Hbond substituents is 1. The van der Waals surface area contributed by atoms with E-state index in [1.165, 1.54) is 12.1 Å². The van der Waals surface area contributed by atoms with Gasteiger partial charge in [-0.1, -0.05) is 73.0 Å². The second-order valence-corrected chi connectivity index (χ2v) is 11.7. The average molecular weight is 583 g/mol. The summed E-state index contributed by atoms with van der Waals surface area (Å²) in [6.07, 6.45) is 4.26. The van der Waals surface area contributed by atoms with Crippen LogP contribution < -0.4 is 10.4 Å². The van der Waals surface area contributed by atoms with Crippen molar-refractivity contribution in [3.8, 4) is 5.75 Å². The normalized spacial score (nSPS) is 21.5. The van der Waals surface area contributed by atoms with E-state index in [1.807, 2.05) is 37.3 Å². The molecular formula is C34H38BNO7. The number of fused-ring (bicyclic) bond motifs is 2. The number of nitrogens with zero attached hydrogens (tertiary/aromatic N) is 1. The Bertz CT molecular complexity index is 1600. The molecule has 3 aromatic rings. The zero-order valence-electron chi connectivity index (χ0n) is 24.5. The zero-order valence-corrected chi connectivity index (χ0v) is 24.5. The van der Waals surface area contributed by atoms with Crippen LogP contribution in [0, 0.1) is 17.8 Å². The van der Waals surface area contributed by atoms with Crippen LogP contribution in [0.3, 0.4) is 0 Å². The van der Waals surface area contributed by atoms with Gasteiger partial charge in [0.2, 0.25) is 11.8 Å². The van der Waals surface area contributed by atoms with Crippen LogP contribution in [-0.4, -0.2) is 57.0 Å². The number of anilines is 1. The van der Waals surface area contributed by atoms with Crippen LogP contribution >= 0.6 is 0 Å². The standard InChI is InChI=1S/C34H38BNO7/c1-3-7-21(17-22-13-15-29(38)26-11-5-4-10-25(22)26)12-14-30(39)31-20(2)16-27-32(28(31)19-37)34(41)36(33(27)40)24-9-6-8-23(18-24)35(42)43/h4-6,8-11,13,15,17-18,27-28,30,32,37-39,42-43H,3,7,12,14,16,19H2,1-2H3/b21-17+/t27-,28+,30-,32-/m1/s1. The summed E-state index contributed by atoms with van der Waals surface area (Å²) >= 11 is 0. The van der Waals surface area contributed by atoms with Crippen molar-refractivity contribution in [3.05, 3.63) is 82.9 Å². The summed E-state index contributed by atoms with van der Waals surface area (Å²) in [4.78, 5) is 28.3. The van der Waals surface area contributed by atoms with Gasteiger partial charge in [-0.15, -0.1) is 0 Å². The quantitative estimate of drug-likeness (QED) is 0.139. The minimum atomic E-state index is -1.75. The molecule has 0 radical (unpaired) electrons. The first kappa shape index (κ1) is 30.7. The lowest BCUT2D eigenvalue weighted by Gasteiger charge is -2.35. The van der Waals surface area contributed by atoms with Crippen molar-refractivity contribution in [2.45, 2.75) is 52.1 Å². The van der Waals surface area contributed by atoms with Crippen molar-refractivity contribution < 1.29 is 35.0 Å². The summed E-state index contributed by atoms with van der Waals surface area (Å²) in [6.45, 7) is 3.57. The maximum atomic E-state index is 13.7. The molecule has 1 saturated heterocycles. The van der Waals surface area contributed by atoms with Gasteiger partial charge in [-0.05, 0) is 72.8 Å². The molecule has 1 fully saturated rings. The highest BCUT2D eigenvalue weighted by atomic mass is 16.4.